The third-order valence-corrected chi connectivity index (χ3v) is 5.59. The van der Waals surface area contributed by atoms with Gasteiger partial charge in [0.2, 0.25) is 0 Å². The molecule has 3 nitrogen and oxygen atoms in total. The van der Waals surface area contributed by atoms with E-state index in [4.69, 9.17) is 11.6 Å². The number of benzene rings is 2. The molecule has 0 amide bonds. The third kappa shape index (κ3) is 4.99. The maximum atomic E-state index is 9.27. The smallest absolute Gasteiger partial charge is 0.0991 e. The molecule has 0 bridgehead atoms. The molecule has 1 heterocycles. The number of aryl methyl sites for hydroxylation is 1. The Bertz CT molecular complexity index is 780. The molecule has 0 spiro atoms. The lowest BCUT2D eigenvalue weighted by Crippen LogP contribution is -2.48. The van der Waals surface area contributed by atoms with Crippen LogP contribution in [0.5, 0.6) is 0 Å². The summed E-state index contributed by atoms with van der Waals surface area (Å²) in [6, 6.07) is 14.8. The van der Waals surface area contributed by atoms with E-state index in [0.29, 0.717) is 11.6 Å². The van der Waals surface area contributed by atoms with E-state index >= 15 is 0 Å². The van der Waals surface area contributed by atoms with Gasteiger partial charge in [0.1, 0.15) is 0 Å². The van der Waals surface area contributed by atoms with Gasteiger partial charge in [0.25, 0.3) is 0 Å². The van der Waals surface area contributed by atoms with Crippen LogP contribution in [0.15, 0.2) is 46.2 Å². The summed E-state index contributed by atoms with van der Waals surface area (Å²) in [5.41, 5.74) is 3.07. The molecule has 25 heavy (non-hydrogen) atoms. The maximum Gasteiger partial charge on any atom is 0.0991 e. The van der Waals surface area contributed by atoms with E-state index in [1.165, 1.54) is 10.5 Å². The van der Waals surface area contributed by atoms with Crippen molar-refractivity contribution in [3.8, 4) is 6.07 Å². The van der Waals surface area contributed by atoms with Gasteiger partial charge < -0.3 is 5.32 Å². The molecule has 0 saturated carbocycles. The molecule has 1 fully saturated rings. The first kappa shape index (κ1) is 18.3. The summed E-state index contributed by atoms with van der Waals surface area (Å²) in [6.07, 6.45) is 0. The van der Waals surface area contributed by atoms with Crippen LogP contribution in [0, 0.1) is 18.3 Å². The van der Waals surface area contributed by atoms with Gasteiger partial charge >= 0.3 is 0 Å². The second kappa shape index (κ2) is 8.25. The highest BCUT2D eigenvalue weighted by molar-refractivity contribution is 7.99. The van der Waals surface area contributed by atoms with Crippen molar-refractivity contribution in [2.75, 3.05) is 19.6 Å². The number of nitriles is 1. The molecule has 5 heteroatoms. The van der Waals surface area contributed by atoms with Gasteiger partial charge in [0.15, 0.2) is 0 Å². The van der Waals surface area contributed by atoms with Crippen LogP contribution in [0.1, 0.15) is 23.6 Å². The molecule has 2 aromatic carbocycles. The van der Waals surface area contributed by atoms with E-state index < -0.39 is 0 Å². The standard InChI is InChI=1S/C20H22ClN3S/c1-14-7-18(21)10-19(8-14)25-20-4-3-16(11-22)9-17(20)13-24-6-5-23-15(2)12-24/h3-4,7-10,15,23H,5-6,12-13H2,1-2H3. The predicted molar refractivity (Wildman–Crippen MR) is 104 cm³/mol. The third-order valence-electron chi connectivity index (χ3n) is 4.28. The number of halogens is 1. The van der Waals surface area contributed by atoms with E-state index in [-0.39, 0.29) is 0 Å². The first-order valence-electron chi connectivity index (χ1n) is 8.47. The Balaban J connectivity index is 1.86. The van der Waals surface area contributed by atoms with Gasteiger partial charge in [-0.05, 0) is 61.4 Å². The normalized spacial score (nSPS) is 18.1. The van der Waals surface area contributed by atoms with Crippen molar-refractivity contribution < 1.29 is 0 Å². The number of piperazine rings is 1. The van der Waals surface area contributed by atoms with Gasteiger partial charge in [-0.1, -0.05) is 23.4 Å². The monoisotopic (exact) mass is 371 g/mol. The molecule has 1 N–H and O–H groups in total. The predicted octanol–water partition coefficient (Wildman–Crippen LogP) is 4.47. The van der Waals surface area contributed by atoms with Crippen LogP contribution in [0.4, 0.5) is 0 Å². The molecule has 1 saturated heterocycles. The highest BCUT2D eigenvalue weighted by Crippen LogP contribution is 2.34. The minimum absolute atomic E-state index is 0.500. The van der Waals surface area contributed by atoms with Gasteiger partial charge in [-0.2, -0.15) is 5.26 Å². The summed E-state index contributed by atoms with van der Waals surface area (Å²) >= 11 is 7.92. The van der Waals surface area contributed by atoms with Gasteiger partial charge in [0.05, 0.1) is 11.6 Å². The Morgan fingerprint density at radius 1 is 1.32 bits per heavy atom. The van der Waals surface area contributed by atoms with Crippen LogP contribution in [0.2, 0.25) is 5.02 Å². The van der Waals surface area contributed by atoms with Crippen LogP contribution < -0.4 is 5.32 Å². The van der Waals surface area contributed by atoms with Gasteiger partial charge in [-0.3, -0.25) is 4.90 Å². The fourth-order valence-corrected chi connectivity index (χ4v) is 4.59. The number of hydrogen-bond donors (Lipinski definition) is 1. The Morgan fingerprint density at radius 2 is 2.16 bits per heavy atom. The lowest BCUT2D eigenvalue weighted by Gasteiger charge is -2.32. The summed E-state index contributed by atoms with van der Waals surface area (Å²) in [5, 5.41) is 13.5. The Hall–Kier alpha value is -1.51. The van der Waals surface area contributed by atoms with Crippen LogP contribution in [0.3, 0.4) is 0 Å². The van der Waals surface area contributed by atoms with Crippen molar-refractivity contribution in [2.45, 2.75) is 36.2 Å². The zero-order valence-electron chi connectivity index (χ0n) is 14.6. The molecule has 0 aromatic heterocycles. The molecule has 2 aromatic rings. The lowest BCUT2D eigenvalue weighted by atomic mass is 10.1. The SMILES string of the molecule is Cc1cc(Cl)cc(Sc2ccc(C#N)cc2CN2CCNC(C)C2)c1. The van der Waals surface area contributed by atoms with E-state index in [1.807, 2.05) is 24.3 Å². The summed E-state index contributed by atoms with van der Waals surface area (Å²) < 4.78 is 0. The number of nitrogens with zero attached hydrogens (tertiary/aromatic N) is 2. The van der Waals surface area contributed by atoms with Crippen LogP contribution >= 0.6 is 23.4 Å². The van der Waals surface area contributed by atoms with E-state index in [9.17, 15) is 5.26 Å². The number of rotatable bonds is 4. The Morgan fingerprint density at radius 3 is 2.88 bits per heavy atom. The van der Waals surface area contributed by atoms with Crippen LogP contribution in [0.25, 0.3) is 0 Å². The molecule has 1 aliphatic heterocycles. The van der Waals surface area contributed by atoms with Gasteiger partial charge in [-0.25, -0.2) is 0 Å². The van der Waals surface area contributed by atoms with Crippen molar-refractivity contribution in [3.63, 3.8) is 0 Å². The molecule has 1 unspecified atom stereocenters. The first-order chi connectivity index (χ1) is 12.0. The zero-order chi connectivity index (χ0) is 17.8. The average molecular weight is 372 g/mol. The second-order valence-electron chi connectivity index (χ2n) is 6.59. The molecule has 3 rings (SSSR count). The molecular weight excluding hydrogens is 350 g/mol. The molecule has 1 atom stereocenters. The maximum absolute atomic E-state index is 9.27. The number of nitrogens with one attached hydrogen (secondary N) is 1. The average Bonchev–Trinajstić information content (AvgIpc) is 2.55. The summed E-state index contributed by atoms with van der Waals surface area (Å²) in [7, 11) is 0. The minimum atomic E-state index is 0.500. The van der Waals surface area contributed by atoms with Crippen molar-refractivity contribution in [3.05, 3.63) is 58.1 Å². The van der Waals surface area contributed by atoms with Crippen molar-refractivity contribution in [2.24, 2.45) is 0 Å². The fourth-order valence-electron chi connectivity index (χ4n) is 3.16. The summed E-state index contributed by atoms with van der Waals surface area (Å²) in [6.45, 7) is 8.19. The Labute approximate surface area is 159 Å². The fraction of sp³-hybridized carbons (Fsp3) is 0.350. The molecular formula is C20H22ClN3S. The van der Waals surface area contributed by atoms with Gasteiger partial charge in [-0.15, -0.1) is 0 Å². The summed E-state index contributed by atoms with van der Waals surface area (Å²) in [4.78, 5) is 4.77. The van der Waals surface area contributed by atoms with Crippen molar-refractivity contribution in [1.82, 2.24) is 10.2 Å². The highest BCUT2D eigenvalue weighted by Gasteiger charge is 2.17. The van der Waals surface area contributed by atoms with E-state index in [2.05, 4.69) is 42.3 Å². The second-order valence-corrected chi connectivity index (χ2v) is 8.14. The van der Waals surface area contributed by atoms with Crippen molar-refractivity contribution >= 4 is 23.4 Å². The van der Waals surface area contributed by atoms with Crippen LogP contribution in [-0.2, 0) is 6.54 Å². The molecule has 0 aliphatic carbocycles. The van der Waals surface area contributed by atoms with E-state index in [0.717, 1.165) is 41.7 Å². The topological polar surface area (TPSA) is 39.1 Å². The highest BCUT2D eigenvalue weighted by atomic mass is 35.5. The minimum Gasteiger partial charge on any atom is -0.312 e. The quantitative estimate of drug-likeness (QED) is 0.860. The largest absolute Gasteiger partial charge is 0.312 e. The van der Waals surface area contributed by atoms with E-state index in [1.54, 1.807) is 11.8 Å². The lowest BCUT2D eigenvalue weighted by molar-refractivity contribution is 0.198. The number of hydrogen-bond acceptors (Lipinski definition) is 4. The Kier molecular flexibility index (Phi) is 6.03. The molecule has 0 radical (unpaired) electrons. The van der Waals surface area contributed by atoms with Crippen LogP contribution in [-0.4, -0.2) is 30.6 Å². The first-order valence-corrected chi connectivity index (χ1v) is 9.67. The summed E-state index contributed by atoms with van der Waals surface area (Å²) in [5.74, 6) is 0. The zero-order valence-corrected chi connectivity index (χ0v) is 16.1. The van der Waals surface area contributed by atoms with Gasteiger partial charge in [0, 0.05) is 47.0 Å². The molecule has 130 valence electrons. The molecule has 1 aliphatic rings. The van der Waals surface area contributed by atoms with Crippen molar-refractivity contribution in [1.29, 1.82) is 5.26 Å².